The highest BCUT2D eigenvalue weighted by atomic mass is 16.4. The minimum Gasteiger partial charge on any atom is -0.481 e. The Bertz CT molecular complexity index is 249. The quantitative estimate of drug-likeness (QED) is 0.776. The van der Waals surface area contributed by atoms with Crippen LogP contribution < -0.4 is 0 Å². The van der Waals surface area contributed by atoms with Gasteiger partial charge in [-0.15, -0.1) is 0 Å². The molecule has 0 aromatic heterocycles. The van der Waals surface area contributed by atoms with E-state index in [1.165, 1.54) is 6.42 Å². The summed E-state index contributed by atoms with van der Waals surface area (Å²) in [5.74, 6) is -0.612. The van der Waals surface area contributed by atoms with E-state index < -0.39 is 11.4 Å². The van der Waals surface area contributed by atoms with Gasteiger partial charge >= 0.3 is 5.97 Å². The number of nitrogens with zero attached hydrogens (tertiary/aromatic N) is 1. The molecule has 0 aliphatic heterocycles. The third-order valence-corrected chi connectivity index (χ3v) is 4.11. The molecule has 1 N–H and O–H groups in total. The monoisotopic (exact) mass is 241 g/mol. The molecule has 0 bridgehead atoms. The second-order valence-corrected chi connectivity index (χ2v) is 5.52. The largest absolute Gasteiger partial charge is 0.481 e. The molecule has 3 heteroatoms. The highest BCUT2D eigenvalue weighted by Gasteiger charge is 2.45. The third kappa shape index (κ3) is 3.21. The summed E-state index contributed by atoms with van der Waals surface area (Å²) >= 11 is 0. The van der Waals surface area contributed by atoms with Crippen LogP contribution in [0.25, 0.3) is 0 Å². The summed E-state index contributed by atoms with van der Waals surface area (Å²) in [6, 6.07) is 0.230. The van der Waals surface area contributed by atoms with Gasteiger partial charge in [-0.3, -0.25) is 9.69 Å². The van der Waals surface area contributed by atoms with E-state index in [-0.39, 0.29) is 6.04 Å². The Balaban J connectivity index is 2.84. The minimum atomic E-state index is -0.612. The second-order valence-electron chi connectivity index (χ2n) is 5.52. The molecule has 2 atom stereocenters. The first-order valence-electron chi connectivity index (χ1n) is 7.03. The number of carbonyl (C=O) groups is 1. The zero-order valence-corrected chi connectivity index (χ0v) is 11.5. The molecule has 1 aliphatic rings. The van der Waals surface area contributed by atoms with Gasteiger partial charge in [0.15, 0.2) is 0 Å². The van der Waals surface area contributed by atoms with Crippen LogP contribution in [-0.4, -0.2) is 35.1 Å². The van der Waals surface area contributed by atoms with Gasteiger partial charge in [0.05, 0.1) is 5.41 Å². The molecule has 0 spiro atoms. The lowest BCUT2D eigenvalue weighted by Crippen LogP contribution is -2.52. The maximum absolute atomic E-state index is 11.6. The summed E-state index contributed by atoms with van der Waals surface area (Å²) in [5.41, 5.74) is -0.539. The van der Waals surface area contributed by atoms with Crippen LogP contribution in [-0.2, 0) is 4.79 Å². The molecule has 0 aromatic carbocycles. The molecule has 3 nitrogen and oxygen atoms in total. The normalized spacial score (nSPS) is 29.5. The van der Waals surface area contributed by atoms with Crippen molar-refractivity contribution in [2.24, 2.45) is 5.41 Å². The molecule has 1 rings (SSSR count). The average molecular weight is 241 g/mol. The van der Waals surface area contributed by atoms with Gasteiger partial charge in [-0.25, -0.2) is 0 Å². The van der Waals surface area contributed by atoms with E-state index in [4.69, 9.17) is 0 Å². The summed E-state index contributed by atoms with van der Waals surface area (Å²) in [6.07, 6.45) is 6.32. The first-order valence-corrected chi connectivity index (χ1v) is 7.03. The minimum absolute atomic E-state index is 0.230. The molecule has 1 saturated carbocycles. The second kappa shape index (κ2) is 6.39. The summed E-state index contributed by atoms with van der Waals surface area (Å²) < 4.78 is 0. The number of carboxylic acid groups (broad SMARTS) is 1. The summed E-state index contributed by atoms with van der Waals surface area (Å²) in [5, 5.41) is 9.53. The molecule has 2 unspecified atom stereocenters. The van der Waals surface area contributed by atoms with Gasteiger partial charge in [0.25, 0.3) is 0 Å². The van der Waals surface area contributed by atoms with Crippen molar-refractivity contribution in [3.63, 3.8) is 0 Å². The van der Waals surface area contributed by atoms with E-state index in [1.54, 1.807) is 0 Å². The number of carboxylic acids is 1. The summed E-state index contributed by atoms with van der Waals surface area (Å²) in [4.78, 5) is 14.0. The maximum atomic E-state index is 11.6. The van der Waals surface area contributed by atoms with Crippen molar-refractivity contribution in [1.29, 1.82) is 0 Å². The van der Waals surface area contributed by atoms with Crippen LogP contribution in [0.15, 0.2) is 0 Å². The Morgan fingerprint density at radius 1 is 1.29 bits per heavy atom. The van der Waals surface area contributed by atoms with E-state index in [2.05, 4.69) is 18.7 Å². The fourth-order valence-corrected chi connectivity index (χ4v) is 3.15. The van der Waals surface area contributed by atoms with E-state index >= 15 is 0 Å². The van der Waals surface area contributed by atoms with Crippen molar-refractivity contribution < 1.29 is 9.90 Å². The van der Waals surface area contributed by atoms with Gasteiger partial charge in [-0.1, -0.05) is 26.7 Å². The lowest BCUT2D eigenvalue weighted by Gasteiger charge is -2.44. The standard InChI is InChI=1S/C14H27NO2/c1-4-10-15(11-5-2)12-8-6-7-9-14(12,3)13(16)17/h12H,4-11H2,1-3H3,(H,16,17). The van der Waals surface area contributed by atoms with Crippen molar-refractivity contribution >= 4 is 5.97 Å². The van der Waals surface area contributed by atoms with Gasteiger partial charge in [0.1, 0.15) is 0 Å². The van der Waals surface area contributed by atoms with Crippen LogP contribution in [0.2, 0.25) is 0 Å². The van der Waals surface area contributed by atoms with Gasteiger partial charge in [0.2, 0.25) is 0 Å². The topological polar surface area (TPSA) is 40.5 Å². The lowest BCUT2D eigenvalue weighted by molar-refractivity contribution is -0.155. The summed E-state index contributed by atoms with van der Waals surface area (Å²) in [6.45, 7) is 8.34. The van der Waals surface area contributed by atoms with Crippen LogP contribution in [0.3, 0.4) is 0 Å². The van der Waals surface area contributed by atoms with Crippen LogP contribution in [0.1, 0.15) is 59.3 Å². The molecule has 0 amide bonds. The highest BCUT2D eigenvalue weighted by molar-refractivity contribution is 5.75. The van der Waals surface area contributed by atoms with Crippen LogP contribution >= 0.6 is 0 Å². The summed E-state index contributed by atoms with van der Waals surface area (Å²) in [7, 11) is 0. The van der Waals surface area contributed by atoms with E-state index in [9.17, 15) is 9.90 Å². The van der Waals surface area contributed by atoms with Crippen molar-refractivity contribution in [2.75, 3.05) is 13.1 Å². The van der Waals surface area contributed by atoms with Crippen molar-refractivity contribution in [1.82, 2.24) is 4.90 Å². The molecule has 17 heavy (non-hydrogen) atoms. The number of hydrogen-bond acceptors (Lipinski definition) is 2. The SMILES string of the molecule is CCCN(CCC)C1CCCCC1(C)C(=O)O. The molecule has 0 heterocycles. The molecule has 100 valence electrons. The zero-order chi connectivity index (χ0) is 12.9. The molecule has 0 saturated heterocycles. The lowest BCUT2D eigenvalue weighted by atomic mass is 9.71. The molecular weight excluding hydrogens is 214 g/mol. The number of rotatable bonds is 6. The number of hydrogen-bond donors (Lipinski definition) is 1. The van der Waals surface area contributed by atoms with E-state index in [0.29, 0.717) is 0 Å². The highest BCUT2D eigenvalue weighted by Crippen LogP contribution is 2.39. The molecule has 0 radical (unpaired) electrons. The van der Waals surface area contributed by atoms with E-state index in [0.717, 1.165) is 45.2 Å². The number of aliphatic carboxylic acids is 1. The Morgan fingerprint density at radius 3 is 2.35 bits per heavy atom. The van der Waals surface area contributed by atoms with Crippen molar-refractivity contribution in [2.45, 2.75) is 65.3 Å². The first-order chi connectivity index (χ1) is 8.06. The van der Waals surface area contributed by atoms with Gasteiger partial charge in [-0.05, 0) is 45.7 Å². The maximum Gasteiger partial charge on any atom is 0.310 e. The first kappa shape index (κ1) is 14.5. The van der Waals surface area contributed by atoms with Crippen LogP contribution in [0, 0.1) is 5.41 Å². The van der Waals surface area contributed by atoms with Crippen molar-refractivity contribution in [3.05, 3.63) is 0 Å². The Kier molecular flexibility index (Phi) is 5.44. The van der Waals surface area contributed by atoms with Crippen molar-refractivity contribution in [3.8, 4) is 0 Å². The fraction of sp³-hybridized carbons (Fsp3) is 0.929. The predicted molar refractivity (Wildman–Crippen MR) is 70.2 cm³/mol. The smallest absolute Gasteiger partial charge is 0.310 e. The average Bonchev–Trinajstić information content (AvgIpc) is 2.29. The van der Waals surface area contributed by atoms with E-state index in [1.807, 2.05) is 6.92 Å². The molecule has 1 fully saturated rings. The van der Waals surface area contributed by atoms with Gasteiger partial charge < -0.3 is 5.11 Å². The van der Waals surface area contributed by atoms with Crippen LogP contribution in [0.4, 0.5) is 0 Å². The van der Waals surface area contributed by atoms with Gasteiger partial charge in [0, 0.05) is 6.04 Å². The molecule has 1 aliphatic carbocycles. The Labute approximate surface area is 105 Å². The predicted octanol–water partition coefficient (Wildman–Crippen LogP) is 3.14. The molecular formula is C14H27NO2. The molecule has 0 aromatic rings. The Hall–Kier alpha value is -0.570. The van der Waals surface area contributed by atoms with Gasteiger partial charge in [-0.2, -0.15) is 0 Å². The fourth-order valence-electron chi connectivity index (χ4n) is 3.15. The third-order valence-electron chi connectivity index (χ3n) is 4.11. The Morgan fingerprint density at radius 2 is 1.88 bits per heavy atom. The zero-order valence-electron chi connectivity index (χ0n) is 11.5. The van der Waals surface area contributed by atoms with Crippen LogP contribution in [0.5, 0.6) is 0 Å².